The molecule has 0 fully saturated rings. The molecule has 0 saturated heterocycles. The fourth-order valence-electron chi connectivity index (χ4n) is 1.53. The topological polar surface area (TPSA) is 0 Å². The molecule has 0 amide bonds. The number of benzene rings is 2. The van der Waals surface area contributed by atoms with Crippen LogP contribution in [0.4, 0.5) is 0 Å². The summed E-state index contributed by atoms with van der Waals surface area (Å²) >= 11 is 1.91. The van der Waals surface area contributed by atoms with Gasteiger partial charge in [-0.25, -0.2) is 0 Å². The maximum atomic E-state index is 2.25. The van der Waals surface area contributed by atoms with Crippen molar-refractivity contribution in [2.45, 2.75) is 0 Å². The van der Waals surface area contributed by atoms with Crippen LogP contribution in [0.15, 0.2) is 60.7 Å². The van der Waals surface area contributed by atoms with Crippen molar-refractivity contribution in [3.05, 3.63) is 60.7 Å². The monoisotopic (exact) mass is 320 g/mol. The van der Waals surface area contributed by atoms with Crippen LogP contribution in [0.1, 0.15) is 0 Å². The molecule has 0 atom stereocenters. The summed E-state index contributed by atoms with van der Waals surface area (Å²) in [6, 6.07) is 21.7. The van der Waals surface area contributed by atoms with Crippen LogP contribution in [0.3, 0.4) is 0 Å². The first-order chi connectivity index (χ1) is 7.42. The van der Waals surface area contributed by atoms with Gasteiger partial charge in [0.1, 0.15) is 0 Å². The maximum absolute atomic E-state index is 2.25. The first-order valence-corrected chi connectivity index (χ1v) is 8.23. The van der Waals surface area contributed by atoms with Gasteiger partial charge in [-0.2, -0.15) is 0 Å². The molecule has 15 heavy (non-hydrogen) atoms. The van der Waals surface area contributed by atoms with E-state index in [1.165, 1.54) is 14.7 Å². The molecule has 0 N–H and O–H groups in total. The third kappa shape index (κ3) is 2.83. The Morgan fingerprint density at radius 3 is 1.47 bits per heavy atom. The normalized spacial score (nSPS) is 10.5. The summed E-state index contributed by atoms with van der Waals surface area (Å²) in [5.74, 6) is 0. The number of hydrogen-bond acceptors (Lipinski definition) is 0. The van der Waals surface area contributed by atoms with E-state index in [-0.39, 0.29) is 7.92 Å². The van der Waals surface area contributed by atoms with Gasteiger partial charge in [-0.15, -0.1) is 0 Å². The first kappa shape index (κ1) is 11.2. The van der Waals surface area contributed by atoms with E-state index < -0.39 is 0 Å². The second kappa shape index (κ2) is 5.69. The van der Waals surface area contributed by atoms with Crippen molar-refractivity contribution < 1.29 is 0 Å². The van der Waals surface area contributed by atoms with E-state index in [4.69, 9.17) is 0 Å². The Labute approximate surface area is 106 Å². The van der Waals surface area contributed by atoms with E-state index in [1.54, 1.807) is 0 Å². The standard InChI is InChI=1S/C13H12P.Sb/c1-14(12-8-4-2-5-9-12)13-10-6-3-7-11-13;/h2-11H,1H2;. The van der Waals surface area contributed by atoms with Gasteiger partial charge in [0.05, 0.1) is 0 Å². The zero-order valence-electron chi connectivity index (χ0n) is 8.38. The molecule has 0 nitrogen and oxygen atoms in total. The molecular formula is C13H12PSb. The van der Waals surface area contributed by atoms with E-state index in [2.05, 4.69) is 60.7 Å². The van der Waals surface area contributed by atoms with E-state index in [9.17, 15) is 0 Å². The molecule has 0 aliphatic carbocycles. The molecule has 0 saturated carbocycles. The molecule has 0 aliphatic rings. The molecule has 0 spiro atoms. The Kier molecular flexibility index (Phi) is 4.24. The average Bonchev–Trinajstić information content (AvgIpc) is 2.33. The van der Waals surface area contributed by atoms with Crippen molar-refractivity contribution in [2.24, 2.45) is 0 Å². The fourth-order valence-corrected chi connectivity index (χ4v) is 6.01. The summed E-state index contributed by atoms with van der Waals surface area (Å²) in [4.78, 5) is 0. The third-order valence-corrected chi connectivity index (χ3v) is 6.82. The van der Waals surface area contributed by atoms with E-state index in [1.807, 2.05) is 23.0 Å². The third-order valence-electron chi connectivity index (χ3n) is 2.28. The van der Waals surface area contributed by atoms with Gasteiger partial charge in [-0.1, -0.05) is 0 Å². The van der Waals surface area contributed by atoms with Gasteiger partial charge in [-0.05, 0) is 0 Å². The van der Waals surface area contributed by atoms with Crippen molar-refractivity contribution in [2.75, 3.05) is 4.11 Å². The average molecular weight is 321 g/mol. The van der Waals surface area contributed by atoms with Crippen LogP contribution in [0, 0.1) is 0 Å². The second-order valence-electron chi connectivity index (χ2n) is 3.24. The van der Waals surface area contributed by atoms with Crippen LogP contribution in [0.5, 0.6) is 0 Å². The molecule has 0 aromatic heterocycles. The van der Waals surface area contributed by atoms with Gasteiger partial charge >= 0.3 is 106 Å². The Morgan fingerprint density at radius 2 is 1.13 bits per heavy atom. The number of hydrogen-bond donors (Lipinski definition) is 0. The molecule has 0 aliphatic heterocycles. The van der Waals surface area contributed by atoms with E-state index in [0.717, 1.165) is 0 Å². The van der Waals surface area contributed by atoms with Crippen LogP contribution in [-0.2, 0) is 0 Å². The Bertz CT molecular complexity index is 360. The van der Waals surface area contributed by atoms with Crippen LogP contribution in [-0.4, -0.2) is 27.1 Å². The summed E-state index contributed by atoms with van der Waals surface area (Å²) < 4.78 is 1.26. The summed E-state index contributed by atoms with van der Waals surface area (Å²) in [5.41, 5.74) is 0. The van der Waals surface area contributed by atoms with Crippen LogP contribution in [0.2, 0.25) is 0 Å². The van der Waals surface area contributed by atoms with Crippen molar-refractivity contribution >= 4 is 41.6 Å². The van der Waals surface area contributed by atoms with Crippen LogP contribution in [0.25, 0.3) is 0 Å². The summed E-state index contributed by atoms with van der Waals surface area (Å²) in [5, 5.41) is 2.97. The minimum absolute atomic E-state index is 0.126. The van der Waals surface area contributed by atoms with Crippen molar-refractivity contribution in [3.8, 4) is 0 Å². The Morgan fingerprint density at radius 1 is 0.733 bits per heavy atom. The van der Waals surface area contributed by atoms with E-state index >= 15 is 0 Å². The molecule has 0 heterocycles. The molecular weight excluding hydrogens is 309 g/mol. The molecule has 2 aromatic carbocycles. The molecule has 2 rings (SSSR count). The summed E-state index contributed by atoms with van der Waals surface area (Å²) in [6.07, 6.45) is 0. The molecule has 2 heteroatoms. The van der Waals surface area contributed by atoms with Crippen molar-refractivity contribution in [3.63, 3.8) is 0 Å². The van der Waals surface area contributed by atoms with Gasteiger partial charge in [-0.3, -0.25) is 0 Å². The van der Waals surface area contributed by atoms with Gasteiger partial charge < -0.3 is 0 Å². The summed E-state index contributed by atoms with van der Waals surface area (Å²) in [6.45, 7) is 0. The minimum atomic E-state index is -0.126. The van der Waals surface area contributed by atoms with Crippen LogP contribution >= 0.6 is 7.92 Å². The van der Waals surface area contributed by atoms with Gasteiger partial charge in [0.25, 0.3) is 0 Å². The van der Waals surface area contributed by atoms with E-state index in [0.29, 0.717) is 0 Å². The van der Waals surface area contributed by atoms with Crippen molar-refractivity contribution in [1.29, 1.82) is 0 Å². The summed E-state index contributed by atoms with van der Waals surface area (Å²) in [7, 11) is -0.126. The Balaban J connectivity index is 2.34. The molecule has 2 radical (unpaired) electrons. The predicted molar refractivity (Wildman–Crippen MR) is 69.7 cm³/mol. The van der Waals surface area contributed by atoms with Crippen molar-refractivity contribution in [1.82, 2.24) is 0 Å². The van der Waals surface area contributed by atoms with Crippen LogP contribution < -0.4 is 10.6 Å². The predicted octanol–water partition coefficient (Wildman–Crippen LogP) is 2.25. The zero-order chi connectivity index (χ0) is 10.5. The molecule has 2 aromatic rings. The molecule has 0 unspecified atom stereocenters. The fraction of sp³-hybridized carbons (Fsp3) is 0.0769. The second-order valence-corrected chi connectivity index (χ2v) is 7.83. The molecule has 0 bridgehead atoms. The first-order valence-electron chi connectivity index (χ1n) is 4.90. The SMILES string of the molecule is [Sb][CH2]P(c1ccccc1)c1ccccc1. The molecule has 74 valence electrons. The number of rotatable bonds is 3. The Hall–Kier alpha value is -0.312. The van der Waals surface area contributed by atoms with Gasteiger partial charge in [0.15, 0.2) is 0 Å². The zero-order valence-corrected chi connectivity index (χ0v) is 11.8. The quantitative estimate of drug-likeness (QED) is 0.601. The van der Waals surface area contributed by atoms with Gasteiger partial charge in [0, 0.05) is 0 Å². The van der Waals surface area contributed by atoms with Gasteiger partial charge in [0.2, 0.25) is 0 Å².